The van der Waals surface area contributed by atoms with Gasteiger partial charge in [0.15, 0.2) is 12.1 Å². The Kier molecular flexibility index (Phi) is 6.76. The Hall–Kier alpha value is -1.22. The summed E-state index contributed by atoms with van der Waals surface area (Å²) < 4.78 is 21.6. The first-order chi connectivity index (χ1) is 11.1. The van der Waals surface area contributed by atoms with Crippen molar-refractivity contribution in [2.75, 3.05) is 33.9 Å². The molecule has 132 valence electrons. The van der Waals surface area contributed by atoms with Crippen LogP contribution in [0.15, 0.2) is 0 Å². The molecule has 1 aliphatic heterocycles. The van der Waals surface area contributed by atoms with Gasteiger partial charge in [0.05, 0.1) is 13.2 Å². The van der Waals surface area contributed by atoms with Gasteiger partial charge in [0.25, 0.3) is 0 Å². The van der Waals surface area contributed by atoms with E-state index in [1.807, 2.05) is 0 Å². The highest BCUT2D eigenvalue weighted by Gasteiger charge is 2.42. The van der Waals surface area contributed by atoms with E-state index in [0.29, 0.717) is 6.61 Å². The molecule has 0 aromatic rings. The molecule has 2 N–H and O–H groups in total. The zero-order valence-electron chi connectivity index (χ0n) is 13.8. The molecule has 1 saturated heterocycles. The topological polar surface area (TPSA) is 95.1 Å². The van der Waals surface area contributed by atoms with Crippen LogP contribution >= 0.6 is 0 Å². The molecule has 1 aliphatic carbocycles. The van der Waals surface area contributed by atoms with Crippen LogP contribution in [0.4, 0.5) is 0 Å². The zero-order valence-corrected chi connectivity index (χ0v) is 13.8. The maximum absolute atomic E-state index is 11.8. The first kappa shape index (κ1) is 18.1. The third-order valence-electron chi connectivity index (χ3n) is 4.18. The largest absolute Gasteiger partial charge is 0.354 e. The van der Waals surface area contributed by atoms with Crippen LogP contribution in [-0.4, -0.2) is 63.9 Å². The highest BCUT2D eigenvalue weighted by atomic mass is 16.7. The number of hydrogen-bond acceptors (Lipinski definition) is 6. The molecule has 1 unspecified atom stereocenters. The molecule has 8 heteroatoms. The minimum absolute atomic E-state index is 0.103. The lowest BCUT2D eigenvalue weighted by atomic mass is 9.94. The smallest absolute Gasteiger partial charge is 0.309 e. The monoisotopic (exact) mass is 330 g/mol. The fourth-order valence-corrected chi connectivity index (χ4v) is 2.88. The van der Waals surface area contributed by atoms with Gasteiger partial charge in [0.2, 0.25) is 0 Å². The van der Waals surface area contributed by atoms with Crippen LogP contribution in [0, 0.1) is 0 Å². The van der Waals surface area contributed by atoms with E-state index >= 15 is 0 Å². The third kappa shape index (κ3) is 5.13. The molecule has 2 fully saturated rings. The molecule has 2 rings (SSSR count). The van der Waals surface area contributed by atoms with Crippen molar-refractivity contribution in [2.24, 2.45) is 0 Å². The number of amides is 2. The van der Waals surface area contributed by atoms with E-state index < -0.39 is 23.9 Å². The van der Waals surface area contributed by atoms with Gasteiger partial charge in [-0.15, -0.1) is 0 Å². The Morgan fingerprint density at radius 2 is 1.78 bits per heavy atom. The molecule has 1 atom stereocenters. The van der Waals surface area contributed by atoms with Gasteiger partial charge in [-0.3, -0.25) is 9.59 Å². The number of carbonyl (C=O) groups is 2. The average Bonchev–Trinajstić information content (AvgIpc) is 2.96. The van der Waals surface area contributed by atoms with E-state index in [-0.39, 0.29) is 19.2 Å². The van der Waals surface area contributed by atoms with Crippen molar-refractivity contribution < 1.29 is 28.5 Å². The molecular formula is C15H26N2O6. The van der Waals surface area contributed by atoms with E-state index in [0.717, 1.165) is 25.7 Å². The highest BCUT2D eigenvalue weighted by molar-refractivity contribution is 6.35. The van der Waals surface area contributed by atoms with Gasteiger partial charge in [-0.1, -0.05) is 6.42 Å². The number of carbonyl (C=O) groups excluding carboxylic acids is 2. The van der Waals surface area contributed by atoms with Crippen LogP contribution in [0.5, 0.6) is 0 Å². The second-order valence-corrected chi connectivity index (χ2v) is 5.84. The zero-order chi connectivity index (χ0) is 16.7. The van der Waals surface area contributed by atoms with Crippen LogP contribution in [0.25, 0.3) is 0 Å². The summed E-state index contributed by atoms with van der Waals surface area (Å²) in [7, 11) is 2.91. The van der Waals surface area contributed by atoms with Gasteiger partial charge in [0, 0.05) is 33.6 Å². The van der Waals surface area contributed by atoms with Gasteiger partial charge < -0.3 is 29.6 Å². The number of methoxy groups -OCH3 is 2. The second-order valence-electron chi connectivity index (χ2n) is 5.84. The summed E-state index contributed by atoms with van der Waals surface area (Å²) in [5.74, 6) is -1.90. The maximum Gasteiger partial charge on any atom is 0.309 e. The van der Waals surface area contributed by atoms with Crippen molar-refractivity contribution in [3.8, 4) is 0 Å². The Morgan fingerprint density at radius 1 is 1.13 bits per heavy atom. The van der Waals surface area contributed by atoms with E-state index in [9.17, 15) is 9.59 Å². The van der Waals surface area contributed by atoms with Gasteiger partial charge in [-0.05, 0) is 12.8 Å². The Labute approximate surface area is 136 Å². The van der Waals surface area contributed by atoms with Crippen LogP contribution in [-0.2, 0) is 28.5 Å². The van der Waals surface area contributed by atoms with Crippen molar-refractivity contribution >= 4 is 11.8 Å². The molecular weight excluding hydrogens is 304 g/mol. The molecule has 2 aliphatic rings. The fourth-order valence-electron chi connectivity index (χ4n) is 2.88. The number of ether oxygens (including phenoxy) is 4. The second kappa shape index (κ2) is 8.58. The Morgan fingerprint density at radius 3 is 2.43 bits per heavy atom. The molecule has 0 bridgehead atoms. The molecule has 1 spiro atoms. The summed E-state index contributed by atoms with van der Waals surface area (Å²) in [6.45, 7) is 0.800. The molecule has 1 saturated carbocycles. The first-order valence-electron chi connectivity index (χ1n) is 8.02. The SMILES string of the molecule is COC(CNC(=O)C(=O)NCC1COC2(CCCCC2)O1)OC. The summed E-state index contributed by atoms with van der Waals surface area (Å²) in [5, 5.41) is 5.01. The third-order valence-corrected chi connectivity index (χ3v) is 4.18. The summed E-state index contributed by atoms with van der Waals surface area (Å²) in [6, 6.07) is 0. The van der Waals surface area contributed by atoms with Gasteiger partial charge in [-0.2, -0.15) is 0 Å². The molecule has 1 heterocycles. The summed E-state index contributed by atoms with van der Waals surface area (Å²) in [5.41, 5.74) is 0. The highest BCUT2D eigenvalue weighted by Crippen LogP contribution is 2.37. The van der Waals surface area contributed by atoms with Crippen molar-refractivity contribution in [1.82, 2.24) is 10.6 Å². The van der Waals surface area contributed by atoms with Crippen molar-refractivity contribution in [1.29, 1.82) is 0 Å². The summed E-state index contributed by atoms with van der Waals surface area (Å²) in [4.78, 5) is 23.4. The predicted molar refractivity (Wildman–Crippen MR) is 80.5 cm³/mol. The lowest BCUT2D eigenvalue weighted by molar-refractivity contribution is -0.186. The predicted octanol–water partition coefficient (Wildman–Crippen LogP) is -0.0865. The van der Waals surface area contributed by atoms with E-state index in [4.69, 9.17) is 18.9 Å². The molecule has 23 heavy (non-hydrogen) atoms. The van der Waals surface area contributed by atoms with Gasteiger partial charge in [-0.25, -0.2) is 0 Å². The minimum Gasteiger partial charge on any atom is -0.354 e. The minimum atomic E-state index is -0.726. The van der Waals surface area contributed by atoms with Crippen LogP contribution in [0.1, 0.15) is 32.1 Å². The summed E-state index contributed by atoms with van der Waals surface area (Å²) >= 11 is 0. The Bertz CT molecular complexity index is 407. The summed E-state index contributed by atoms with van der Waals surface area (Å²) in [6.07, 6.45) is 4.41. The molecule has 8 nitrogen and oxygen atoms in total. The normalized spacial score (nSPS) is 23.2. The number of rotatable bonds is 6. The van der Waals surface area contributed by atoms with Crippen molar-refractivity contribution in [3.05, 3.63) is 0 Å². The average molecular weight is 330 g/mol. The van der Waals surface area contributed by atoms with Crippen LogP contribution < -0.4 is 10.6 Å². The molecule has 0 radical (unpaired) electrons. The molecule has 0 aromatic heterocycles. The lowest BCUT2D eigenvalue weighted by Gasteiger charge is -2.31. The van der Waals surface area contributed by atoms with E-state index in [1.54, 1.807) is 0 Å². The van der Waals surface area contributed by atoms with E-state index in [2.05, 4.69) is 10.6 Å². The number of nitrogens with one attached hydrogen (secondary N) is 2. The maximum atomic E-state index is 11.8. The van der Waals surface area contributed by atoms with E-state index in [1.165, 1.54) is 20.6 Å². The quantitative estimate of drug-likeness (QED) is 0.522. The standard InChI is InChI=1S/C15H26N2O6/c1-20-12(21-2)9-17-14(19)13(18)16-8-11-10-22-15(23-11)6-4-3-5-7-15/h11-12H,3-10H2,1-2H3,(H,16,18)(H,17,19). The van der Waals surface area contributed by atoms with Gasteiger partial charge >= 0.3 is 11.8 Å². The molecule has 0 aromatic carbocycles. The lowest BCUT2D eigenvalue weighted by Crippen LogP contribution is -2.45. The van der Waals surface area contributed by atoms with Crippen molar-refractivity contribution in [3.63, 3.8) is 0 Å². The number of hydrogen-bond donors (Lipinski definition) is 2. The van der Waals surface area contributed by atoms with Crippen LogP contribution in [0.3, 0.4) is 0 Å². The van der Waals surface area contributed by atoms with Crippen LogP contribution in [0.2, 0.25) is 0 Å². The first-order valence-corrected chi connectivity index (χ1v) is 8.02. The Balaban J connectivity index is 1.67. The van der Waals surface area contributed by atoms with Crippen molar-refractivity contribution in [2.45, 2.75) is 50.3 Å². The van der Waals surface area contributed by atoms with Gasteiger partial charge in [0.1, 0.15) is 6.10 Å². The fraction of sp³-hybridized carbons (Fsp3) is 0.867. The molecule has 2 amide bonds.